The average molecular weight is 310 g/mol. The van der Waals surface area contributed by atoms with Crippen molar-refractivity contribution in [2.75, 3.05) is 6.54 Å². The Balaban J connectivity index is 2.46. The first-order valence-corrected chi connectivity index (χ1v) is 7.35. The Bertz CT molecular complexity index is 628. The lowest BCUT2D eigenvalue weighted by Gasteiger charge is -2.21. The number of benzene rings is 2. The molecule has 2 aromatic carbocycles. The molecule has 0 radical (unpaired) electrons. The van der Waals surface area contributed by atoms with E-state index >= 15 is 0 Å². The second-order valence-corrected chi connectivity index (χ2v) is 5.47. The van der Waals surface area contributed by atoms with Gasteiger partial charge in [-0.1, -0.05) is 30.7 Å². The Hall–Kier alpha value is -1.45. The summed E-state index contributed by atoms with van der Waals surface area (Å²) >= 11 is 6.21. The predicted octanol–water partition coefficient (Wildman–Crippen LogP) is 5.02. The molecule has 1 atom stereocenters. The van der Waals surface area contributed by atoms with Crippen molar-refractivity contribution in [1.29, 1.82) is 0 Å². The van der Waals surface area contributed by atoms with Gasteiger partial charge in [0.05, 0.1) is 6.04 Å². The minimum atomic E-state index is -0.337. The molecule has 0 spiro atoms. The summed E-state index contributed by atoms with van der Waals surface area (Å²) in [5.74, 6) is -0.588. The highest BCUT2D eigenvalue weighted by atomic mass is 35.5. The monoisotopic (exact) mass is 309 g/mol. The molecule has 4 heteroatoms. The van der Waals surface area contributed by atoms with Crippen LogP contribution in [0.1, 0.15) is 36.1 Å². The van der Waals surface area contributed by atoms with Crippen molar-refractivity contribution in [3.8, 4) is 0 Å². The molecule has 0 heterocycles. The van der Waals surface area contributed by atoms with Crippen molar-refractivity contribution in [1.82, 2.24) is 5.32 Å². The van der Waals surface area contributed by atoms with E-state index in [-0.39, 0.29) is 17.7 Å². The molecule has 1 unspecified atom stereocenters. The first-order valence-electron chi connectivity index (χ1n) is 6.97. The molecule has 21 heavy (non-hydrogen) atoms. The molecule has 0 bridgehead atoms. The first-order chi connectivity index (χ1) is 10.0. The maximum Gasteiger partial charge on any atom is 0.126 e. The van der Waals surface area contributed by atoms with Gasteiger partial charge in [0.25, 0.3) is 0 Å². The Kier molecular flexibility index (Phi) is 5.32. The third-order valence-corrected chi connectivity index (χ3v) is 3.73. The normalized spacial score (nSPS) is 12.4. The van der Waals surface area contributed by atoms with Gasteiger partial charge in [-0.25, -0.2) is 8.78 Å². The number of aryl methyl sites for hydroxylation is 1. The van der Waals surface area contributed by atoms with Gasteiger partial charge in [-0.3, -0.25) is 0 Å². The van der Waals surface area contributed by atoms with Crippen LogP contribution in [-0.4, -0.2) is 6.54 Å². The fourth-order valence-electron chi connectivity index (χ4n) is 2.28. The van der Waals surface area contributed by atoms with E-state index in [4.69, 9.17) is 11.6 Å². The van der Waals surface area contributed by atoms with E-state index in [0.717, 1.165) is 18.5 Å². The third-order valence-electron chi connectivity index (χ3n) is 3.38. The molecule has 0 amide bonds. The van der Waals surface area contributed by atoms with Gasteiger partial charge in [0, 0.05) is 5.02 Å². The van der Waals surface area contributed by atoms with Gasteiger partial charge in [-0.05, 0) is 60.8 Å². The Morgan fingerprint density at radius 1 is 1.14 bits per heavy atom. The molecule has 2 rings (SSSR count). The largest absolute Gasteiger partial charge is 0.306 e. The zero-order valence-electron chi connectivity index (χ0n) is 12.1. The van der Waals surface area contributed by atoms with Gasteiger partial charge in [0.2, 0.25) is 0 Å². The molecule has 0 fully saturated rings. The van der Waals surface area contributed by atoms with Crippen molar-refractivity contribution >= 4 is 11.6 Å². The van der Waals surface area contributed by atoms with Gasteiger partial charge < -0.3 is 5.32 Å². The van der Waals surface area contributed by atoms with E-state index in [2.05, 4.69) is 5.32 Å². The first kappa shape index (κ1) is 15.9. The molecule has 1 nitrogen and oxygen atoms in total. The van der Waals surface area contributed by atoms with Crippen LogP contribution in [-0.2, 0) is 0 Å². The third kappa shape index (κ3) is 3.80. The highest BCUT2D eigenvalue weighted by Crippen LogP contribution is 2.30. The van der Waals surface area contributed by atoms with Crippen LogP contribution >= 0.6 is 11.6 Å². The van der Waals surface area contributed by atoms with E-state index < -0.39 is 0 Å². The summed E-state index contributed by atoms with van der Waals surface area (Å²) in [7, 11) is 0. The van der Waals surface area contributed by atoms with Crippen LogP contribution < -0.4 is 5.32 Å². The molecule has 1 N–H and O–H groups in total. The summed E-state index contributed by atoms with van der Waals surface area (Å²) in [6.07, 6.45) is 0.934. The van der Waals surface area contributed by atoms with Crippen LogP contribution in [0.2, 0.25) is 5.02 Å². The summed E-state index contributed by atoms with van der Waals surface area (Å²) in [4.78, 5) is 0. The van der Waals surface area contributed by atoms with Crippen LogP contribution in [0.4, 0.5) is 8.78 Å². The van der Waals surface area contributed by atoms with Crippen molar-refractivity contribution in [3.05, 3.63) is 69.7 Å². The highest BCUT2D eigenvalue weighted by Gasteiger charge is 2.18. The molecule has 112 valence electrons. The van der Waals surface area contributed by atoms with E-state index in [0.29, 0.717) is 16.1 Å². The minimum absolute atomic E-state index is 0.252. The second-order valence-electron chi connectivity index (χ2n) is 5.06. The minimum Gasteiger partial charge on any atom is -0.306 e. The van der Waals surface area contributed by atoms with E-state index in [1.807, 2.05) is 6.92 Å². The highest BCUT2D eigenvalue weighted by molar-refractivity contribution is 6.31. The van der Waals surface area contributed by atoms with Gasteiger partial charge in [-0.15, -0.1) is 0 Å². The van der Waals surface area contributed by atoms with Crippen LogP contribution in [0.5, 0.6) is 0 Å². The predicted molar refractivity (Wildman–Crippen MR) is 82.7 cm³/mol. The summed E-state index contributed by atoms with van der Waals surface area (Å²) in [5.41, 5.74) is 2.09. The standard InChI is InChI=1S/C17H18ClF2N/c1-3-8-21-17(12-4-7-16(20)11(2)9-12)14-10-13(19)5-6-15(14)18/h4-7,9-10,17,21H,3,8H2,1-2H3. The lowest BCUT2D eigenvalue weighted by molar-refractivity contribution is 0.580. The maximum absolute atomic E-state index is 13.5. The average Bonchev–Trinajstić information content (AvgIpc) is 2.46. The molecule has 0 saturated heterocycles. The van der Waals surface area contributed by atoms with Crippen LogP contribution in [0.25, 0.3) is 0 Å². The van der Waals surface area contributed by atoms with Gasteiger partial charge in [0.1, 0.15) is 11.6 Å². The zero-order valence-corrected chi connectivity index (χ0v) is 12.8. The van der Waals surface area contributed by atoms with Crippen molar-refractivity contribution < 1.29 is 8.78 Å². The number of halogens is 3. The molecular weight excluding hydrogens is 292 g/mol. The smallest absolute Gasteiger partial charge is 0.126 e. The lowest BCUT2D eigenvalue weighted by Crippen LogP contribution is -2.23. The van der Waals surface area contributed by atoms with E-state index in [1.165, 1.54) is 18.2 Å². The maximum atomic E-state index is 13.5. The van der Waals surface area contributed by atoms with Gasteiger partial charge >= 0.3 is 0 Å². The Labute approximate surface area is 128 Å². The number of nitrogens with one attached hydrogen (secondary N) is 1. The Morgan fingerprint density at radius 2 is 1.90 bits per heavy atom. The molecule has 0 saturated carbocycles. The topological polar surface area (TPSA) is 12.0 Å². The summed E-state index contributed by atoms with van der Waals surface area (Å²) in [5, 5.41) is 3.84. The van der Waals surface area contributed by atoms with Crippen molar-refractivity contribution in [2.45, 2.75) is 26.3 Å². The second kappa shape index (κ2) is 7.01. The van der Waals surface area contributed by atoms with Crippen LogP contribution in [0.15, 0.2) is 36.4 Å². The fraction of sp³-hybridized carbons (Fsp3) is 0.294. The molecule has 0 aliphatic heterocycles. The fourth-order valence-corrected chi connectivity index (χ4v) is 2.51. The lowest BCUT2D eigenvalue weighted by atomic mass is 9.96. The summed E-state index contributed by atoms with van der Waals surface area (Å²) in [6, 6.07) is 8.95. The zero-order chi connectivity index (χ0) is 15.4. The molecule has 0 aromatic heterocycles. The number of hydrogen-bond acceptors (Lipinski definition) is 1. The van der Waals surface area contributed by atoms with E-state index in [1.54, 1.807) is 25.1 Å². The van der Waals surface area contributed by atoms with E-state index in [9.17, 15) is 8.78 Å². The summed E-state index contributed by atoms with van der Waals surface area (Å²) in [6.45, 7) is 4.52. The molecule has 0 aliphatic carbocycles. The van der Waals surface area contributed by atoms with Crippen molar-refractivity contribution in [2.24, 2.45) is 0 Å². The number of hydrogen-bond donors (Lipinski definition) is 1. The molecular formula is C17H18ClF2N. The van der Waals surface area contributed by atoms with Crippen molar-refractivity contribution in [3.63, 3.8) is 0 Å². The summed E-state index contributed by atoms with van der Waals surface area (Å²) < 4.78 is 27.0. The van der Waals surface area contributed by atoms with Gasteiger partial charge in [0.15, 0.2) is 0 Å². The quantitative estimate of drug-likeness (QED) is 0.818. The number of rotatable bonds is 5. The SMILES string of the molecule is CCCNC(c1ccc(F)c(C)c1)c1cc(F)ccc1Cl. The van der Waals surface area contributed by atoms with Crippen LogP contribution in [0, 0.1) is 18.6 Å². The van der Waals surface area contributed by atoms with Crippen LogP contribution in [0.3, 0.4) is 0 Å². The molecule has 2 aromatic rings. The molecule has 0 aliphatic rings. The van der Waals surface area contributed by atoms with Gasteiger partial charge in [-0.2, -0.15) is 0 Å². The Morgan fingerprint density at radius 3 is 2.57 bits per heavy atom.